The predicted octanol–water partition coefficient (Wildman–Crippen LogP) is 2.70. The van der Waals surface area contributed by atoms with E-state index < -0.39 is 5.79 Å². The van der Waals surface area contributed by atoms with E-state index in [0.717, 1.165) is 5.56 Å². The quantitative estimate of drug-likeness (QED) is 0.481. The van der Waals surface area contributed by atoms with E-state index in [4.69, 9.17) is 19.7 Å². The summed E-state index contributed by atoms with van der Waals surface area (Å²) in [6.07, 6.45) is 0.164. The van der Waals surface area contributed by atoms with Crippen LogP contribution < -0.4 is 0 Å². The molecule has 1 aromatic rings. The zero-order valence-electron chi connectivity index (χ0n) is 13.3. The molecule has 2 saturated heterocycles. The lowest BCUT2D eigenvalue weighted by molar-refractivity contribution is -0.215. The van der Waals surface area contributed by atoms with Gasteiger partial charge < -0.3 is 19.1 Å². The van der Waals surface area contributed by atoms with E-state index in [2.05, 4.69) is 10.0 Å². The van der Waals surface area contributed by atoms with Crippen LogP contribution >= 0.6 is 0 Å². The summed E-state index contributed by atoms with van der Waals surface area (Å²) in [5.41, 5.74) is 9.52. The fraction of sp³-hybridized carbons (Fsp3) is 0.562. The first kappa shape index (κ1) is 16.6. The number of likely N-dealkylation sites (tertiary alicyclic amines) is 1. The van der Waals surface area contributed by atoms with Crippen LogP contribution in [0, 0.1) is 5.92 Å². The summed E-state index contributed by atoms with van der Waals surface area (Å²) < 4.78 is 16.9. The number of nitrogens with zero attached hydrogens (tertiary/aromatic N) is 4. The Morgan fingerprint density at radius 3 is 2.83 bits per heavy atom. The lowest BCUT2D eigenvalue weighted by Gasteiger charge is -2.43. The molecule has 1 spiro atoms. The summed E-state index contributed by atoms with van der Waals surface area (Å²) >= 11 is 0. The number of azide groups is 1. The number of hydrogen-bond acceptors (Lipinski definition) is 5. The zero-order valence-corrected chi connectivity index (χ0v) is 13.3. The monoisotopic (exact) mass is 332 g/mol. The second kappa shape index (κ2) is 7.53. The van der Waals surface area contributed by atoms with Crippen molar-refractivity contribution in [2.45, 2.75) is 18.8 Å². The molecule has 128 valence electrons. The molecule has 0 bridgehead atoms. The average molecular weight is 332 g/mol. The molecule has 8 nitrogen and oxygen atoms in total. The summed E-state index contributed by atoms with van der Waals surface area (Å²) in [6.45, 7) is 2.36. The van der Waals surface area contributed by atoms with Gasteiger partial charge in [0.15, 0.2) is 5.79 Å². The minimum atomic E-state index is -0.746. The molecule has 24 heavy (non-hydrogen) atoms. The minimum absolute atomic E-state index is 0.200. The highest BCUT2D eigenvalue weighted by Gasteiger charge is 2.48. The fourth-order valence-electron chi connectivity index (χ4n) is 3.15. The molecule has 2 aliphatic rings. The van der Waals surface area contributed by atoms with Crippen molar-refractivity contribution in [1.29, 1.82) is 0 Å². The van der Waals surface area contributed by atoms with Gasteiger partial charge in [0, 0.05) is 36.9 Å². The summed E-state index contributed by atoms with van der Waals surface area (Å²) in [4.78, 5) is 16.7. The van der Waals surface area contributed by atoms with Crippen molar-refractivity contribution < 1.29 is 19.0 Å². The van der Waals surface area contributed by atoms with Crippen molar-refractivity contribution in [2.75, 3.05) is 32.8 Å². The van der Waals surface area contributed by atoms with Crippen LogP contribution in [0.15, 0.2) is 35.4 Å². The van der Waals surface area contributed by atoms with E-state index in [9.17, 15) is 4.79 Å². The Balaban J connectivity index is 1.60. The Bertz CT molecular complexity index is 612. The molecule has 2 fully saturated rings. The Morgan fingerprint density at radius 1 is 1.38 bits per heavy atom. The van der Waals surface area contributed by atoms with E-state index >= 15 is 0 Å². The number of carbonyl (C=O) groups excluding carboxylic acids is 1. The maximum Gasteiger partial charge on any atom is 0.410 e. The van der Waals surface area contributed by atoms with Crippen LogP contribution in [0.25, 0.3) is 10.4 Å². The number of amides is 1. The van der Waals surface area contributed by atoms with Crippen LogP contribution in [0.4, 0.5) is 4.79 Å². The van der Waals surface area contributed by atoms with Gasteiger partial charge in [-0.3, -0.25) is 0 Å². The van der Waals surface area contributed by atoms with Crippen LogP contribution in [0.1, 0.15) is 12.0 Å². The topological polar surface area (TPSA) is 96.8 Å². The molecule has 2 heterocycles. The van der Waals surface area contributed by atoms with Crippen molar-refractivity contribution in [3.63, 3.8) is 0 Å². The van der Waals surface area contributed by atoms with Crippen LogP contribution in [0.5, 0.6) is 0 Å². The van der Waals surface area contributed by atoms with Crippen LogP contribution in [0.2, 0.25) is 0 Å². The van der Waals surface area contributed by atoms with Crippen LogP contribution in [-0.2, 0) is 20.8 Å². The molecule has 3 rings (SSSR count). The molecule has 0 saturated carbocycles. The Kier molecular flexibility index (Phi) is 5.20. The van der Waals surface area contributed by atoms with Crippen molar-refractivity contribution in [1.82, 2.24) is 4.90 Å². The molecule has 1 atom stereocenters. The summed E-state index contributed by atoms with van der Waals surface area (Å²) in [6, 6.07) is 9.53. The van der Waals surface area contributed by atoms with Gasteiger partial charge in [-0.1, -0.05) is 35.4 Å². The van der Waals surface area contributed by atoms with E-state index in [1.54, 1.807) is 4.90 Å². The molecule has 1 aromatic carbocycles. The molecule has 2 aliphatic heterocycles. The molecular formula is C16H20N4O4. The highest BCUT2D eigenvalue weighted by Crippen LogP contribution is 2.36. The largest absolute Gasteiger partial charge is 0.445 e. The first-order chi connectivity index (χ1) is 11.7. The van der Waals surface area contributed by atoms with Gasteiger partial charge in [-0.2, -0.15) is 0 Å². The molecule has 0 aliphatic carbocycles. The lowest BCUT2D eigenvalue weighted by atomic mass is 9.91. The van der Waals surface area contributed by atoms with Gasteiger partial charge in [0.05, 0.1) is 13.2 Å². The third-order valence-electron chi connectivity index (χ3n) is 4.40. The standard InChI is InChI=1S/C16H20N4O4/c17-19-18-10-14-11-20(7-6-16(14)23-8-9-24-16)15(21)22-12-13-4-2-1-3-5-13/h1-5,14H,6-12H2. The summed E-state index contributed by atoms with van der Waals surface area (Å²) in [7, 11) is 0. The predicted molar refractivity (Wildman–Crippen MR) is 85.0 cm³/mol. The van der Waals surface area contributed by atoms with Gasteiger partial charge in [0.2, 0.25) is 0 Å². The summed E-state index contributed by atoms with van der Waals surface area (Å²) in [5.74, 6) is -0.946. The average Bonchev–Trinajstić information content (AvgIpc) is 3.09. The number of ether oxygens (including phenoxy) is 3. The van der Waals surface area contributed by atoms with Gasteiger partial charge in [0.25, 0.3) is 0 Å². The van der Waals surface area contributed by atoms with Crippen molar-refractivity contribution in [2.24, 2.45) is 11.0 Å². The van der Waals surface area contributed by atoms with Crippen LogP contribution in [0.3, 0.4) is 0 Å². The maximum atomic E-state index is 12.3. The number of rotatable bonds is 4. The molecule has 8 heteroatoms. The van der Waals surface area contributed by atoms with Gasteiger partial charge in [-0.15, -0.1) is 0 Å². The second-order valence-electron chi connectivity index (χ2n) is 5.86. The Morgan fingerprint density at radius 2 is 2.12 bits per heavy atom. The number of carbonyl (C=O) groups is 1. The second-order valence-corrected chi connectivity index (χ2v) is 5.86. The molecule has 0 aromatic heterocycles. The lowest BCUT2D eigenvalue weighted by Crippen LogP contribution is -2.55. The van der Waals surface area contributed by atoms with Crippen molar-refractivity contribution in [3.05, 3.63) is 46.3 Å². The normalized spacial score (nSPS) is 22.2. The summed E-state index contributed by atoms with van der Waals surface area (Å²) in [5, 5.41) is 3.64. The third-order valence-corrected chi connectivity index (χ3v) is 4.40. The van der Waals surface area contributed by atoms with Crippen molar-refractivity contribution >= 4 is 6.09 Å². The number of piperidine rings is 1. The van der Waals surface area contributed by atoms with E-state index in [-0.39, 0.29) is 25.2 Å². The van der Waals surface area contributed by atoms with Gasteiger partial charge in [-0.05, 0) is 11.1 Å². The van der Waals surface area contributed by atoms with Crippen molar-refractivity contribution in [3.8, 4) is 0 Å². The van der Waals surface area contributed by atoms with Gasteiger partial charge in [0.1, 0.15) is 6.61 Å². The SMILES string of the molecule is [N-]=[N+]=NCC1CN(C(=O)OCc2ccccc2)CCC12OCCO2. The molecule has 1 unspecified atom stereocenters. The molecular weight excluding hydrogens is 312 g/mol. The third kappa shape index (κ3) is 3.62. The number of hydrogen-bond donors (Lipinski definition) is 0. The van der Waals surface area contributed by atoms with Gasteiger partial charge >= 0.3 is 6.09 Å². The van der Waals surface area contributed by atoms with E-state index in [1.165, 1.54) is 0 Å². The maximum absolute atomic E-state index is 12.3. The van der Waals surface area contributed by atoms with Gasteiger partial charge in [-0.25, -0.2) is 4.79 Å². The van der Waals surface area contributed by atoms with Crippen LogP contribution in [-0.4, -0.2) is 49.6 Å². The number of benzene rings is 1. The molecule has 1 amide bonds. The highest BCUT2D eigenvalue weighted by molar-refractivity contribution is 5.67. The first-order valence-corrected chi connectivity index (χ1v) is 7.98. The fourth-order valence-corrected chi connectivity index (χ4v) is 3.15. The smallest absolute Gasteiger partial charge is 0.410 e. The van der Waals surface area contributed by atoms with E-state index in [0.29, 0.717) is 32.7 Å². The molecule has 0 radical (unpaired) electrons. The van der Waals surface area contributed by atoms with E-state index in [1.807, 2.05) is 30.3 Å². The minimum Gasteiger partial charge on any atom is -0.445 e. The zero-order chi connectivity index (χ0) is 16.8. The first-order valence-electron chi connectivity index (χ1n) is 7.98. The Hall–Kier alpha value is -2.28. The highest BCUT2D eigenvalue weighted by atomic mass is 16.7. The molecule has 0 N–H and O–H groups in total. The Labute approximate surface area is 139 Å².